The maximum absolute atomic E-state index is 13.3. The Balaban J connectivity index is 1.21. The van der Waals surface area contributed by atoms with Crippen molar-refractivity contribution >= 4 is 17.2 Å². The van der Waals surface area contributed by atoms with Gasteiger partial charge in [0.25, 0.3) is 0 Å². The van der Waals surface area contributed by atoms with Gasteiger partial charge in [0.2, 0.25) is 5.88 Å². The van der Waals surface area contributed by atoms with Crippen LogP contribution in [0.1, 0.15) is 52.0 Å². The van der Waals surface area contributed by atoms with Gasteiger partial charge in [-0.05, 0) is 51.2 Å². The number of allylic oxidation sites excluding steroid dienone is 3. The lowest BCUT2D eigenvalue weighted by molar-refractivity contribution is -0.190. The van der Waals surface area contributed by atoms with Gasteiger partial charge < -0.3 is 30.9 Å². The molecule has 4 atom stereocenters. The minimum Gasteiger partial charge on any atom is -0.477 e. The minimum atomic E-state index is -4.19. The van der Waals surface area contributed by atoms with Crippen LogP contribution in [0.3, 0.4) is 0 Å². The first-order valence-electron chi connectivity index (χ1n) is 16.1. The molecule has 252 valence electrons. The standard InChI is InChI=1S/C33H47F3N8OS/c1-5-31(3)20-24(38-16-17-39-27-8-6-7-9-29(46)40-27)21-43(31)30-26(23(2)37)11-10-25(22-42(30)4)44-18-12-28(41-44)45-19-15-32(13-14-32)33(34,35)36/h6-12,18,24-25,27,38-39H,2,5,13-17,19-22,37H2,1,3-4H3,(H,40,46). The molecule has 1 saturated heterocycles. The first kappa shape index (κ1) is 34.1. The molecule has 5 rings (SSSR count). The van der Waals surface area contributed by atoms with Gasteiger partial charge in [-0.3, -0.25) is 10.00 Å². The molecule has 4 unspecified atom stereocenters. The first-order valence-corrected chi connectivity index (χ1v) is 16.5. The summed E-state index contributed by atoms with van der Waals surface area (Å²) in [5.74, 6) is 1.35. The number of hydrogen-bond acceptors (Lipinski definition) is 8. The van der Waals surface area contributed by atoms with Gasteiger partial charge in [-0.25, -0.2) is 0 Å². The lowest BCUT2D eigenvalue weighted by atomic mass is 9.93. The molecule has 0 bridgehead atoms. The van der Waals surface area contributed by atoms with Gasteiger partial charge in [0.15, 0.2) is 0 Å². The molecular weight excluding hydrogens is 613 g/mol. The van der Waals surface area contributed by atoms with Gasteiger partial charge in [-0.2, -0.15) is 13.2 Å². The molecule has 13 heteroatoms. The van der Waals surface area contributed by atoms with Crippen molar-refractivity contribution in [3.8, 4) is 5.88 Å². The number of nitrogens with two attached hydrogens (primary N) is 1. The van der Waals surface area contributed by atoms with Crippen molar-refractivity contribution in [1.82, 2.24) is 35.5 Å². The van der Waals surface area contributed by atoms with Crippen molar-refractivity contribution < 1.29 is 17.9 Å². The van der Waals surface area contributed by atoms with E-state index in [9.17, 15) is 13.2 Å². The van der Waals surface area contributed by atoms with Crippen LogP contribution in [0.4, 0.5) is 13.2 Å². The highest BCUT2D eigenvalue weighted by atomic mass is 32.1. The Bertz CT molecular complexity index is 1400. The van der Waals surface area contributed by atoms with Crippen molar-refractivity contribution in [2.75, 3.05) is 39.8 Å². The van der Waals surface area contributed by atoms with Crippen molar-refractivity contribution in [3.05, 3.63) is 72.4 Å². The number of alkyl halides is 3. The SMILES string of the molecule is C=C(N)C1=C(N2CC(NCCNC3C=CC=CC(=S)N3)CC2(C)CC)N(C)CC(n2ccc(OCCC3(C(F)(F)F)CC3)n2)C=C1. The van der Waals surface area contributed by atoms with Gasteiger partial charge >= 0.3 is 6.18 Å². The Labute approximate surface area is 275 Å². The van der Waals surface area contributed by atoms with Crippen LogP contribution in [-0.4, -0.2) is 88.3 Å². The molecule has 5 N–H and O–H groups in total. The van der Waals surface area contributed by atoms with Gasteiger partial charge in [-0.1, -0.05) is 50.0 Å². The number of aromatic nitrogens is 2. The first-order chi connectivity index (χ1) is 21.8. The molecule has 46 heavy (non-hydrogen) atoms. The number of nitrogens with one attached hydrogen (secondary N) is 3. The summed E-state index contributed by atoms with van der Waals surface area (Å²) in [5, 5.41) is 15.1. The molecule has 4 heterocycles. The molecule has 1 aromatic heterocycles. The van der Waals surface area contributed by atoms with Crippen molar-refractivity contribution in [2.24, 2.45) is 11.1 Å². The summed E-state index contributed by atoms with van der Waals surface area (Å²) in [7, 11) is 2.05. The van der Waals surface area contributed by atoms with Crippen molar-refractivity contribution in [2.45, 2.75) is 75.9 Å². The smallest absolute Gasteiger partial charge is 0.394 e. The highest BCUT2D eigenvalue weighted by molar-refractivity contribution is 7.80. The molecule has 1 aliphatic carbocycles. The third-order valence-corrected chi connectivity index (χ3v) is 10.00. The summed E-state index contributed by atoms with van der Waals surface area (Å²) in [6.07, 6.45) is 11.7. The van der Waals surface area contributed by atoms with Crippen LogP contribution in [0.2, 0.25) is 0 Å². The molecule has 9 nitrogen and oxygen atoms in total. The highest BCUT2D eigenvalue weighted by Crippen LogP contribution is 2.59. The van der Waals surface area contributed by atoms with Crippen LogP contribution in [0.5, 0.6) is 5.88 Å². The Morgan fingerprint density at radius 3 is 2.65 bits per heavy atom. The number of hydrogen-bond donors (Lipinski definition) is 4. The molecule has 0 radical (unpaired) electrons. The number of ether oxygens (including phenoxy) is 1. The zero-order valence-corrected chi connectivity index (χ0v) is 27.8. The second-order valence-corrected chi connectivity index (χ2v) is 13.5. The normalized spacial score (nSPS) is 27.5. The van der Waals surface area contributed by atoms with E-state index in [1.807, 2.05) is 24.3 Å². The van der Waals surface area contributed by atoms with Gasteiger partial charge in [0.05, 0.1) is 24.2 Å². The Morgan fingerprint density at radius 1 is 1.20 bits per heavy atom. The number of halogens is 3. The average molecular weight is 661 g/mol. The maximum Gasteiger partial charge on any atom is 0.394 e. The third kappa shape index (κ3) is 7.63. The van der Waals surface area contributed by atoms with Crippen LogP contribution < -0.4 is 26.4 Å². The fraction of sp³-hybridized carbons (Fsp3) is 0.576. The number of nitrogens with zero attached hydrogens (tertiary/aromatic N) is 4. The zero-order valence-electron chi connectivity index (χ0n) is 26.9. The summed E-state index contributed by atoms with van der Waals surface area (Å²) < 4.78 is 47.3. The molecule has 0 spiro atoms. The number of thiocarbonyl (C=S) groups is 1. The highest BCUT2D eigenvalue weighted by Gasteiger charge is 2.62. The second-order valence-electron chi connectivity index (χ2n) is 13.1. The number of rotatable bonds is 13. The predicted molar refractivity (Wildman–Crippen MR) is 179 cm³/mol. The fourth-order valence-corrected chi connectivity index (χ4v) is 6.81. The van der Waals surface area contributed by atoms with E-state index < -0.39 is 11.6 Å². The summed E-state index contributed by atoms with van der Waals surface area (Å²) >= 11 is 5.30. The quantitative estimate of drug-likeness (QED) is 0.180. The van der Waals surface area contributed by atoms with E-state index in [1.54, 1.807) is 16.9 Å². The summed E-state index contributed by atoms with van der Waals surface area (Å²) in [6, 6.07) is 1.83. The minimum absolute atomic E-state index is 0.00500. The molecule has 1 aromatic rings. The van der Waals surface area contributed by atoms with E-state index in [1.165, 1.54) is 0 Å². The lowest BCUT2D eigenvalue weighted by Crippen LogP contribution is -2.46. The largest absolute Gasteiger partial charge is 0.477 e. The van der Waals surface area contributed by atoms with Gasteiger partial charge in [0.1, 0.15) is 10.8 Å². The predicted octanol–water partition coefficient (Wildman–Crippen LogP) is 4.51. The number of likely N-dealkylation sites (tertiary alicyclic amines) is 1. The number of likely N-dealkylation sites (N-methyl/N-ethyl adjacent to an activating group) is 1. The van der Waals surface area contributed by atoms with Gasteiger partial charge in [-0.15, -0.1) is 5.10 Å². The van der Waals surface area contributed by atoms with Crippen molar-refractivity contribution in [1.29, 1.82) is 0 Å². The maximum atomic E-state index is 13.3. The van der Waals surface area contributed by atoms with Crippen LogP contribution in [0.25, 0.3) is 0 Å². The fourth-order valence-electron chi connectivity index (χ4n) is 6.60. The Kier molecular flexibility index (Phi) is 10.2. The van der Waals surface area contributed by atoms with Crippen LogP contribution >= 0.6 is 12.2 Å². The average Bonchev–Trinajstić information content (AvgIpc) is 3.65. The zero-order chi connectivity index (χ0) is 33.1. The van der Waals surface area contributed by atoms with Gasteiger partial charge in [0, 0.05) is 68.3 Å². The van der Waals surface area contributed by atoms with Crippen LogP contribution in [0, 0.1) is 5.41 Å². The molecular formula is C33H47F3N8OS. The van der Waals surface area contributed by atoms with E-state index >= 15 is 0 Å². The summed E-state index contributed by atoms with van der Waals surface area (Å²) in [5.41, 5.74) is 6.06. The van der Waals surface area contributed by atoms with E-state index in [4.69, 9.17) is 22.7 Å². The van der Waals surface area contributed by atoms with Crippen LogP contribution in [0.15, 0.2) is 72.4 Å². The Hall–Kier alpha value is -3.29. The van der Waals surface area contributed by atoms with E-state index in [0.29, 0.717) is 23.1 Å². The molecule has 0 amide bonds. The molecule has 0 aromatic carbocycles. The summed E-state index contributed by atoms with van der Waals surface area (Å²) in [4.78, 5) is 5.38. The topological polar surface area (TPSA) is 95.6 Å². The molecule has 2 fully saturated rings. The van der Waals surface area contributed by atoms with Crippen LogP contribution in [-0.2, 0) is 0 Å². The monoisotopic (exact) mass is 660 g/mol. The van der Waals surface area contributed by atoms with E-state index in [-0.39, 0.29) is 49.7 Å². The molecule has 1 saturated carbocycles. The molecule has 4 aliphatic rings. The third-order valence-electron chi connectivity index (χ3n) is 9.74. The van der Waals surface area contributed by atoms with E-state index in [0.717, 1.165) is 43.9 Å². The Morgan fingerprint density at radius 2 is 1.96 bits per heavy atom. The summed E-state index contributed by atoms with van der Waals surface area (Å²) in [6.45, 7) is 11.6. The second kappa shape index (κ2) is 13.8. The van der Waals surface area contributed by atoms with E-state index in [2.05, 4.69) is 70.5 Å². The van der Waals surface area contributed by atoms with Crippen molar-refractivity contribution in [3.63, 3.8) is 0 Å². The molecule has 3 aliphatic heterocycles. The lowest BCUT2D eigenvalue weighted by Gasteiger charge is -2.42.